The van der Waals surface area contributed by atoms with Crippen molar-refractivity contribution in [2.75, 3.05) is 6.54 Å². The molecular weight excluding hydrogens is 178 g/mol. The molecule has 0 saturated heterocycles. The van der Waals surface area contributed by atoms with Crippen molar-refractivity contribution in [3.05, 3.63) is 0 Å². The maximum absolute atomic E-state index is 11.4. The van der Waals surface area contributed by atoms with Gasteiger partial charge in [0.25, 0.3) is 0 Å². The summed E-state index contributed by atoms with van der Waals surface area (Å²) in [7, 11) is 0. The molecule has 0 spiro atoms. The minimum atomic E-state index is -0.166. The van der Waals surface area contributed by atoms with Crippen molar-refractivity contribution in [1.82, 2.24) is 10.6 Å². The summed E-state index contributed by atoms with van der Waals surface area (Å²) in [6.45, 7) is 6.64. The zero-order valence-corrected chi connectivity index (χ0v) is 9.26. The van der Waals surface area contributed by atoms with E-state index in [2.05, 4.69) is 10.6 Å². The molecule has 0 aromatic rings. The molecule has 0 aliphatic heterocycles. The highest BCUT2D eigenvalue weighted by Crippen LogP contribution is 2.25. The van der Waals surface area contributed by atoms with E-state index in [0.717, 1.165) is 19.4 Å². The molecule has 4 heteroatoms. The maximum atomic E-state index is 11.4. The summed E-state index contributed by atoms with van der Waals surface area (Å²) in [6, 6.07) is 0.254. The van der Waals surface area contributed by atoms with Crippen LogP contribution in [0.15, 0.2) is 0 Å². The molecule has 4 N–H and O–H groups in total. The fourth-order valence-electron chi connectivity index (χ4n) is 1.61. The van der Waals surface area contributed by atoms with Crippen molar-refractivity contribution < 1.29 is 4.79 Å². The number of carbonyl (C=O) groups excluding carboxylic acids is 1. The van der Waals surface area contributed by atoms with Crippen LogP contribution in [0.3, 0.4) is 0 Å². The second kappa shape index (κ2) is 4.17. The Morgan fingerprint density at radius 3 is 2.43 bits per heavy atom. The Balaban J connectivity index is 2.17. The Hall–Kier alpha value is -0.770. The van der Waals surface area contributed by atoms with Gasteiger partial charge in [-0.2, -0.15) is 0 Å². The highest BCUT2D eigenvalue weighted by molar-refractivity contribution is 5.75. The summed E-state index contributed by atoms with van der Waals surface area (Å²) >= 11 is 0. The second-order valence-corrected chi connectivity index (χ2v) is 5.12. The van der Waals surface area contributed by atoms with E-state index in [0.29, 0.717) is 12.0 Å². The van der Waals surface area contributed by atoms with E-state index < -0.39 is 0 Å². The molecule has 2 amide bonds. The van der Waals surface area contributed by atoms with E-state index in [1.54, 1.807) is 0 Å². The van der Waals surface area contributed by atoms with Gasteiger partial charge in [-0.05, 0) is 46.1 Å². The summed E-state index contributed by atoms with van der Waals surface area (Å²) in [5.41, 5.74) is 5.33. The number of rotatable bonds is 2. The number of carbonyl (C=O) groups is 1. The highest BCUT2D eigenvalue weighted by Gasteiger charge is 2.29. The van der Waals surface area contributed by atoms with Gasteiger partial charge in [-0.1, -0.05) is 0 Å². The molecule has 0 heterocycles. The van der Waals surface area contributed by atoms with E-state index in [1.807, 2.05) is 20.8 Å². The van der Waals surface area contributed by atoms with Crippen LogP contribution in [0.1, 0.15) is 33.6 Å². The molecule has 1 saturated carbocycles. The van der Waals surface area contributed by atoms with Gasteiger partial charge in [-0.15, -0.1) is 0 Å². The van der Waals surface area contributed by atoms with Gasteiger partial charge in [0.2, 0.25) is 0 Å². The summed E-state index contributed by atoms with van der Waals surface area (Å²) in [6.07, 6.45) is 2.04. The Morgan fingerprint density at radius 1 is 1.43 bits per heavy atom. The minimum Gasteiger partial charge on any atom is -0.335 e. The third-order valence-electron chi connectivity index (χ3n) is 2.39. The molecule has 1 rings (SSSR count). The van der Waals surface area contributed by atoms with E-state index >= 15 is 0 Å². The summed E-state index contributed by atoms with van der Waals surface area (Å²) in [5, 5.41) is 5.80. The molecule has 1 aliphatic carbocycles. The highest BCUT2D eigenvalue weighted by atomic mass is 16.2. The predicted molar refractivity (Wildman–Crippen MR) is 57.0 cm³/mol. The van der Waals surface area contributed by atoms with E-state index in [9.17, 15) is 4.79 Å². The fourth-order valence-corrected chi connectivity index (χ4v) is 1.61. The van der Waals surface area contributed by atoms with Crippen LogP contribution in [-0.2, 0) is 0 Å². The smallest absolute Gasteiger partial charge is 0.315 e. The predicted octanol–water partition coefficient (Wildman–Crippen LogP) is 0.821. The number of urea groups is 1. The maximum Gasteiger partial charge on any atom is 0.315 e. The Bertz CT molecular complexity index is 204. The lowest BCUT2D eigenvalue weighted by Gasteiger charge is -2.35. The fraction of sp³-hybridized carbons (Fsp3) is 0.900. The molecule has 0 bridgehead atoms. The third kappa shape index (κ3) is 3.54. The van der Waals surface area contributed by atoms with Crippen LogP contribution >= 0.6 is 0 Å². The Labute approximate surface area is 85.6 Å². The molecular formula is C10H21N3O. The molecule has 82 valence electrons. The zero-order chi connectivity index (χ0) is 10.8. The van der Waals surface area contributed by atoms with Crippen LogP contribution in [-0.4, -0.2) is 24.2 Å². The van der Waals surface area contributed by atoms with Gasteiger partial charge in [0.05, 0.1) is 0 Å². The van der Waals surface area contributed by atoms with Gasteiger partial charge in [0.1, 0.15) is 0 Å². The van der Waals surface area contributed by atoms with Crippen LogP contribution in [0.25, 0.3) is 0 Å². The van der Waals surface area contributed by atoms with Gasteiger partial charge in [-0.3, -0.25) is 0 Å². The number of amides is 2. The van der Waals surface area contributed by atoms with Crippen LogP contribution in [0, 0.1) is 5.92 Å². The van der Waals surface area contributed by atoms with E-state index in [4.69, 9.17) is 5.73 Å². The van der Waals surface area contributed by atoms with Crippen molar-refractivity contribution >= 4 is 6.03 Å². The Morgan fingerprint density at radius 2 is 2.00 bits per heavy atom. The van der Waals surface area contributed by atoms with Gasteiger partial charge in [-0.25, -0.2) is 4.79 Å². The van der Waals surface area contributed by atoms with Crippen molar-refractivity contribution in [2.45, 2.75) is 45.2 Å². The molecule has 4 nitrogen and oxygen atoms in total. The first kappa shape index (κ1) is 11.3. The number of nitrogens with two attached hydrogens (primary N) is 1. The molecule has 0 radical (unpaired) electrons. The average Bonchev–Trinajstić information content (AvgIpc) is 1.91. The standard InChI is InChI=1S/C10H21N3O/c1-10(2,3)13-9(14)12-8-4-7(5-8)6-11/h7-8H,4-6,11H2,1-3H3,(H2,12,13,14). The van der Waals surface area contributed by atoms with Crippen molar-refractivity contribution in [3.8, 4) is 0 Å². The number of nitrogens with one attached hydrogen (secondary N) is 2. The van der Waals surface area contributed by atoms with Gasteiger partial charge in [0, 0.05) is 11.6 Å². The molecule has 0 atom stereocenters. The first-order chi connectivity index (χ1) is 6.40. The molecule has 1 fully saturated rings. The first-order valence-electron chi connectivity index (χ1n) is 5.19. The quantitative estimate of drug-likeness (QED) is 0.616. The van der Waals surface area contributed by atoms with Crippen LogP contribution in [0.5, 0.6) is 0 Å². The SMILES string of the molecule is CC(C)(C)NC(=O)NC1CC(CN)C1. The molecule has 14 heavy (non-hydrogen) atoms. The van der Waals surface area contributed by atoms with Gasteiger partial charge < -0.3 is 16.4 Å². The van der Waals surface area contributed by atoms with Gasteiger partial charge in [0.15, 0.2) is 0 Å². The second-order valence-electron chi connectivity index (χ2n) is 5.12. The number of hydrogen-bond donors (Lipinski definition) is 3. The average molecular weight is 199 g/mol. The Kier molecular flexibility index (Phi) is 3.37. The zero-order valence-electron chi connectivity index (χ0n) is 9.26. The van der Waals surface area contributed by atoms with Crippen LogP contribution < -0.4 is 16.4 Å². The summed E-state index contributed by atoms with van der Waals surface area (Å²) in [4.78, 5) is 11.4. The summed E-state index contributed by atoms with van der Waals surface area (Å²) < 4.78 is 0. The molecule has 0 aromatic heterocycles. The molecule has 0 unspecified atom stereocenters. The first-order valence-corrected chi connectivity index (χ1v) is 5.19. The molecule has 1 aliphatic rings. The van der Waals surface area contributed by atoms with Crippen LogP contribution in [0.2, 0.25) is 0 Å². The van der Waals surface area contributed by atoms with E-state index in [1.165, 1.54) is 0 Å². The molecule has 0 aromatic carbocycles. The lowest BCUT2D eigenvalue weighted by atomic mass is 9.80. The third-order valence-corrected chi connectivity index (χ3v) is 2.39. The lowest BCUT2D eigenvalue weighted by molar-refractivity contribution is 0.199. The van der Waals surface area contributed by atoms with Crippen molar-refractivity contribution in [3.63, 3.8) is 0 Å². The topological polar surface area (TPSA) is 67.2 Å². The van der Waals surface area contributed by atoms with Crippen molar-refractivity contribution in [2.24, 2.45) is 11.7 Å². The van der Waals surface area contributed by atoms with Crippen molar-refractivity contribution in [1.29, 1.82) is 0 Å². The largest absolute Gasteiger partial charge is 0.335 e. The lowest BCUT2D eigenvalue weighted by Crippen LogP contribution is -2.53. The normalized spacial score (nSPS) is 26.6. The van der Waals surface area contributed by atoms with E-state index in [-0.39, 0.29) is 11.6 Å². The monoisotopic (exact) mass is 199 g/mol. The minimum absolute atomic E-state index is 0.0713. The summed E-state index contributed by atoms with van der Waals surface area (Å²) in [5.74, 6) is 0.606. The van der Waals surface area contributed by atoms with Gasteiger partial charge >= 0.3 is 6.03 Å². The van der Waals surface area contributed by atoms with Crippen LogP contribution in [0.4, 0.5) is 4.79 Å². The number of hydrogen-bond acceptors (Lipinski definition) is 2.